The fourth-order valence-electron chi connectivity index (χ4n) is 1.31. The number of ether oxygens (including phenoxy) is 1. The van der Waals surface area contributed by atoms with Gasteiger partial charge in [0.25, 0.3) is 5.91 Å². The average molecular weight is 197 g/mol. The van der Waals surface area contributed by atoms with Gasteiger partial charge in [-0.3, -0.25) is 9.59 Å². The quantitative estimate of drug-likeness (QED) is 0.596. The molecule has 1 fully saturated rings. The van der Waals surface area contributed by atoms with Crippen LogP contribution in [0.1, 0.15) is 6.42 Å². The number of carboxylic acid groups (broad SMARTS) is 1. The van der Waals surface area contributed by atoms with Crippen molar-refractivity contribution in [3.05, 3.63) is 0 Å². The summed E-state index contributed by atoms with van der Waals surface area (Å²) in [5.74, 6) is 0.640. The third-order valence-electron chi connectivity index (χ3n) is 1.95. The van der Waals surface area contributed by atoms with Gasteiger partial charge in [0.15, 0.2) is 0 Å². The van der Waals surface area contributed by atoms with E-state index in [1.165, 1.54) is 4.90 Å². The topological polar surface area (TPSA) is 66.8 Å². The maximum absolute atomic E-state index is 11.1. The summed E-state index contributed by atoms with van der Waals surface area (Å²) in [6.07, 6.45) is 4.40. The maximum Gasteiger partial charge on any atom is 0.306 e. The average Bonchev–Trinajstić information content (AvgIpc) is 2.16. The molecule has 0 aromatic heterocycles. The van der Waals surface area contributed by atoms with Crippen LogP contribution in [0.25, 0.3) is 0 Å². The van der Waals surface area contributed by atoms with E-state index < -0.39 is 18.0 Å². The van der Waals surface area contributed by atoms with Crippen LogP contribution in [-0.2, 0) is 14.3 Å². The SMILES string of the molecule is C#CC(=O)N1CCOC(CC(=O)O)C1. The second-order valence-corrected chi connectivity index (χ2v) is 2.99. The molecule has 0 saturated carbocycles. The summed E-state index contributed by atoms with van der Waals surface area (Å²) in [5, 5.41) is 8.52. The Hall–Kier alpha value is -1.54. The summed E-state index contributed by atoms with van der Waals surface area (Å²) in [6.45, 7) is 1.03. The molecule has 0 radical (unpaired) electrons. The molecule has 76 valence electrons. The van der Waals surface area contributed by atoms with Crippen molar-refractivity contribution in [1.82, 2.24) is 4.90 Å². The molecule has 1 aliphatic heterocycles. The highest BCUT2D eigenvalue weighted by Crippen LogP contribution is 2.08. The molecule has 0 bridgehead atoms. The first-order chi connectivity index (χ1) is 6.63. The lowest BCUT2D eigenvalue weighted by atomic mass is 10.2. The molecule has 1 unspecified atom stereocenters. The van der Waals surface area contributed by atoms with Crippen LogP contribution in [0.15, 0.2) is 0 Å². The van der Waals surface area contributed by atoms with Gasteiger partial charge in [-0.15, -0.1) is 6.42 Å². The zero-order valence-corrected chi connectivity index (χ0v) is 7.60. The molecule has 5 nitrogen and oxygen atoms in total. The summed E-state index contributed by atoms with van der Waals surface area (Å²) in [7, 11) is 0. The number of carbonyl (C=O) groups excluding carboxylic acids is 1. The molecular weight excluding hydrogens is 186 g/mol. The molecule has 0 aliphatic carbocycles. The zero-order valence-electron chi connectivity index (χ0n) is 7.60. The predicted octanol–water partition coefficient (Wildman–Crippen LogP) is -0.678. The van der Waals surface area contributed by atoms with E-state index in [9.17, 15) is 9.59 Å². The lowest BCUT2D eigenvalue weighted by molar-refractivity contribution is -0.145. The van der Waals surface area contributed by atoms with Crippen molar-refractivity contribution >= 4 is 11.9 Å². The van der Waals surface area contributed by atoms with E-state index in [0.717, 1.165) is 0 Å². The van der Waals surface area contributed by atoms with Crippen molar-refractivity contribution in [1.29, 1.82) is 0 Å². The highest BCUT2D eigenvalue weighted by molar-refractivity contribution is 5.93. The number of amides is 1. The number of morpholine rings is 1. The first-order valence-electron chi connectivity index (χ1n) is 4.22. The maximum atomic E-state index is 11.1. The Morgan fingerprint density at radius 3 is 2.93 bits per heavy atom. The van der Waals surface area contributed by atoms with Gasteiger partial charge in [-0.2, -0.15) is 0 Å². The zero-order chi connectivity index (χ0) is 10.6. The van der Waals surface area contributed by atoms with Gasteiger partial charge in [-0.05, 0) is 5.92 Å². The largest absolute Gasteiger partial charge is 0.481 e. The minimum Gasteiger partial charge on any atom is -0.481 e. The van der Waals surface area contributed by atoms with Gasteiger partial charge in [-0.1, -0.05) is 0 Å². The fraction of sp³-hybridized carbons (Fsp3) is 0.556. The van der Waals surface area contributed by atoms with Crippen LogP contribution in [0.4, 0.5) is 0 Å². The van der Waals surface area contributed by atoms with Crippen molar-refractivity contribution in [2.75, 3.05) is 19.7 Å². The molecule has 1 rings (SSSR count). The van der Waals surface area contributed by atoms with Crippen LogP contribution in [0.2, 0.25) is 0 Å². The van der Waals surface area contributed by atoms with Crippen LogP contribution in [-0.4, -0.2) is 47.7 Å². The van der Waals surface area contributed by atoms with Gasteiger partial charge in [0.2, 0.25) is 0 Å². The fourth-order valence-corrected chi connectivity index (χ4v) is 1.31. The molecule has 1 aliphatic rings. The van der Waals surface area contributed by atoms with Crippen molar-refractivity contribution in [3.8, 4) is 12.3 Å². The molecule has 14 heavy (non-hydrogen) atoms. The van der Waals surface area contributed by atoms with Crippen molar-refractivity contribution in [3.63, 3.8) is 0 Å². The lowest BCUT2D eigenvalue weighted by Crippen LogP contribution is -2.45. The Balaban J connectivity index is 2.48. The Morgan fingerprint density at radius 2 is 2.36 bits per heavy atom. The second-order valence-electron chi connectivity index (χ2n) is 2.99. The first-order valence-corrected chi connectivity index (χ1v) is 4.22. The number of aliphatic carboxylic acids is 1. The minimum absolute atomic E-state index is 0.103. The van der Waals surface area contributed by atoms with Gasteiger partial charge in [0.05, 0.1) is 19.1 Å². The van der Waals surface area contributed by atoms with Crippen molar-refractivity contribution < 1.29 is 19.4 Å². The third kappa shape index (κ3) is 2.75. The molecule has 1 atom stereocenters. The van der Waals surface area contributed by atoms with Crippen LogP contribution in [0, 0.1) is 12.3 Å². The van der Waals surface area contributed by atoms with Gasteiger partial charge < -0.3 is 14.7 Å². The molecular formula is C9H11NO4. The van der Waals surface area contributed by atoms with E-state index in [-0.39, 0.29) is 13.0 Å². The van der Waals surface area contributed by atoms with Gasteiger partial charge >= 0.3 is 5.97 Å². The molecule has 5 heteroatoms. The Labute approximate surface area is 81.6 Å². The van der Waals surface area contributed by atoms with E-state index in [2.05, 4.69) is 0 Å². The van der Waals surface area contributed by atoms with Crippen LogP contribution >= 0.6 is 0 Å². The number of nitrogens with zero attached hydrogens (tertiary/aromatic N) is 1. The van der Waals surface area contributed by atoms with Crippen LogP contribution < -0.4 is 0 Å². The monoisotopic (exact) mass is 197 g/mol. The van der Waals surface area contributed by atoms with E-state index in [1.807, 2.05) is 5.92 Å². The molecule has 0 aromatic carbocycles. The lowest BCUT2D eigenvalue weighted by Gasteiger charge is -2.30. The van der Waals surface area contributed by atoms with Gasteiger partial charge in [0.1, 0.15) is 0 Å². The summed E-state index contributed by atoms with van der Waals surface area (Å²) >= 11 is 0. The molecule has 1 amide bonds. The van der Waals surface area contributed by atoms with E-state index in [1.54, 1.807) is 0 Å². The van der Waals surface area contributed by atoms with Crippen molar-refractivity contribution in [2.24, 2.45) is 0 Å². The number of terminal acetylenes is 1. The van der Waals surface area contributed by atoms with E-state index in [4.69, 9.17) is 16.3 Å². The first kappa shape index (κ1) is 10.5. The van der Waals surface area contributed by atoms with Crippen molar-refractivity contribution in [2.45, 2.75) is 12.5 Å². The Kier molecular flexibility index (Phi) is 3.48. The number of hydrogen-bond acceptors (Lipinski definition) is 3. The second kappa shape index (κ2) is 4.63. The summed E-state index contributed by atoms with van der Waals surface area (Å²) in [5.41, 5.74) is 0. The van der Waals surface area contributed by atoms with Gasteiger partial charge in [0, 0.05) is 13.1 Å². The highest BCUT2D eigenvalue weighted by atomic mass is 16.5. The predicted molar refractivity (Wildman–Crippen MR) is 47.4 cm³/mol. The highest BCUT2D eigenvalue weighted by Gasteiger charge is 2.24. The van der Waals surface area contributed by atoms with E-state index in [0.29, 0.717) is 13.2 Å². The summed E-state index contributed by atoms with van der Waals surface area (Å²) in [4.78, 5) is 22.9. The number of carbonyl (C=O) groups is 2. The third-order valence-corrected chi connectivity index (χ3v) is 1.95. The summed E-state index contributed by atoms with van der Waals surface area (Å²) < 4.78 is 5.17. The molecule has 0 aromatic rings. The van der Waals surface area contributed by atoms with E-state index >= 15 is 0 Å². The van der Waals surface area contributed by atoms with Gasteiger partial charge in [-0.25, -0.2) is 0 Å². The molecule has 1 heterocycles. The molecule has 0 spiro atoms. The van der Waals surface area contributed by atoms with Crippen LogP contribution in [0.3, 0.4) is 0 Å². The van der Waals surface area contributed by atoms with Crippen LogP contribution in [0.5, 0.6) is 0 Å². The minimum atomic E-state index is -0.940. The molecule has 1 N–H and O–H groups in total. The Bertz CT molecular complexity index is 281. The Morgan fingerprint density at radius 1 is 1.64 bits per heavy atom. The number of rotatable bonds is 2. The number of hydrogen-bond donors (Lipinski definition) is 1. The smallest absolute Gasteiger partial charge is 0.306 e. The normalized spacial score (nSPS) is 21.4. The standard InChI is InChI=1S/C9H11NO4/c1-2-8(11)10-3-4-14-7(6-10)5-9(12)13/h1,7H,3-6H2,(H,12,13). The number of carboxylic acids is 1. The molecule has 1 saturated heterocycles. The summed E-state index contributed by atoms with van der Waals surface area (Å²) in [6, 6.07) is 0.